The number of hydrogen-bond acceptors (Lipinski definition) is 1. The lowest BCUT2D eigenvalue weighted by Crippen LogP contribution is -2.62. The summed E-state index contributed by atoms with van der Waals surface area (Å²) in [4.78, 5) is 0. The molecule has 9 aromatic carbocycles. The zero-order chi connectivity index (χ0) is 40.8. The van der Waals surface area contributed by atoms with Crippen molar-refractivity contribution in [1.29, 1.82) is 0 Å². The lowest BCUT2D eigenvalue weighted by atomic mass is 9.30. The number of rotatable bonds is 3. The van der Waals surface area contributed by atoms with E-state index in [1.54, 1.807) is 0 Å². The summed E-state index contributed by atoms with van der Waals surface area (Å²) < 4.78 is 14.7. The van der Waals surface area contributed by atoms with E-state index in [2.05, 4.69) is 222 Å². The van der Waals surface area contributed by atoms with Gasteiger partial charge in [-0.3, -0.25) is 0 Å². The molecule has 290 valence electrons. The van der Waals surface area contributed by atoms with Gasteiger partial charge in [0, 0.05) is 55.2 Å². The zero-order valence-corrected chi connectivity index (χ0v) is 34.3. The van der Waals surface area contributed by atoms with Crippen molar-refractivity contribution in [1.82, 2.24) is 13.7 Å². The van der Waals surface area contributed by atoms with E-state index < -0.39 is 0 Å². The number of ether oxygens (including phenoxy) is 1. The highest BCUT2D eigenvalue weighted by Crippen LogP contribution is 2.51. The second kappa shape index (κ2) is 12.2. The van der Waals surface area contributed by atoms with E-state index in [1.807, 2.05) is 0 Å². The van der Waals surface area contributed by atoms with E-state index in [-0.39, 0.29) is 12.1 Å². The molecule has 2 aliphatic heterocycles. The Balaban J connectivity index is 1.24. The Kier molecular flexibility index (Phi) is 6.68. The second-order valence-corrected chi connectivity index (χ2v) is 17.6. The standard InChI is InChI=1S/C57H38BN3O/c1-57(2)41-26-12-13-27-43(41)58-44-28-14-18-32-48(44)62-49-34-37(33-42(57)53(49)58)61-47-31-17-11-25-40(47)52-55-50(38-23-9-15-29-45(38)59(55)35-19-5-3-6-20-35)54-51(56(52)61)39-24-10-16-30-46(39)60(54)36-21-7-4-8-22-36/h3-34H,1-2H3. The minimum Gasteiger partial charge on any atom is -0.458 e. The van der Waals surface area contributed by atoms with E-state index in [0.717, 1.165) is 34.1 Å². The first-order valence-corrected chi connectivity index (χ1v) is 21.6. The average Bonchev–Trinajstić information content (AvgIpc) is 3.97. The molecule has 5 heteroatoms. The number of aromatic nitrogens is 3. The molecular formula is C57H38BN3O. The first-order chi connectivity index (χ1) is 30.6. The third-order valence-electron chi connectivity index (χ3n) is 14.1. The lowest BCUT2D eigenvalue weighted by Gasteiger charge is -2.42. The highest BCUT2D eigenvalue weighted by Gasteiger charge is 2.45. The molecular weight excluding hydrogens is 753 g/mol. The summed E-state index contributed by atoms with van der Waals surface area (Å²) in [6.45, 7) is 4.86. The summed E-state index contributed by atoms with van der Waals surface area (Å²) in [6.07, 6.45) is 0. The molecule has 0 bridgehead atoms. The van der Waals surface area contributed by atoms with Crippen LogP contribution in [0.3, 0.4) is 0 Å². The Labute approximate surface area is 358 Å². The van der Waals surface area contributed by atoms with Crippen LogP contribution in [0, 0.1) is 0 Å². The maximum absolute atomic E-state index is 7.08. The normalized spacial score (nSPS) is 13.9. The van der Waals surface area contributed by atoms with Crippen LogP contribution in [-0.2, 0) is 5.41 Å². The molecule has 0 spiro atoms. The summed E-state index contributed by atoms with van der Waals surface area (Å²) in [5.41, 5.74) is 16.7. The van der Waals surface area contributed by atoms with Crippen molar-refractivity contribution in [2.75, 3.05) is 0 Å². The maximum atomic E-state index is 7.08. The molecule has 0 N–H and O–H groups in total. The largest absolute Gasteiger partial charge is 0.458 e. The lowest BCUT2D eigenvalue weighted by molar-refractivity contribution is 0.484. The van der Waals surface area contributed by atoms with Gasteiger partial charge in [-0.05, 0) is 76.6 Å². The van der Waals surface area contributed by atoms with Gasteiger partial charge in [0.1, 0.15) is 11.5 Å². The Bertz CT molecular complexity index is 3800. The van der Waals surface area contributed by atoms with Crippen molar-refractivity contribution in [2.24, 2.45) is 0 Å². The van der Waals surface area contributed by atoms with Crippen LogP contribution in [0.5, 0.6) is 11.5 Å². The van der Waals surface area contributed by atoms with E-state index in [4.69, 9.17) is 4.74 Å². The van der Waals surface area contributed by atoms with Gasteiger partial charge < -0.3 is 18.4 Å². The molecule has 0 radical (unpaired) electrons. The molecule has 62 heavy (non-hydrogen) atoms. The smallest absolute Gasteiger partial charge is 0.251 e. The summed E-state index contributed by atoms with van der Waals surface area (Å²) in [7, 11) is 0. The predicted molar refractivity (Wildman–Crippen MR) is 259 cm³/mol. The molecule has 0 saturated heterocycles. The number of hydrogen-bond donors (Lipinski definition) is 0. The fourth-order valence-corrected chi connectivity index (χ4v) is 11.6. The van der Waals surface area contributed by atoms with E-state index in [1.165, 1.54) is 87.4 Å². The minimum absolute atomic E-state index is 0.0816. The molecule has 0 fully saturated rings. The summed E-state index contributed by atoms with van der Waals surface area (Å²) in [5.74, 6) is 1.85. The molecule has 5 heterocycles. The van der Waals surface area contributed by atoms with Crippen LogP contribution in [0.4, 0.5) is 0 Å². The van der Waals surface area contributed by atoms with Crippen LogP contribution in [-0.4, -0.2) is 20.4 Å². The molecule has 14 rings (SSSR count). The average molecular weight is 792 g/mol. The Morgan fingerprint density at radius 3 is 1.37 bits per heavy atom. The Morgan fingerprint density at radius 1 is 0.387 bits per heavy atom. The van der Waals surface area contributed by atoms with Crippen molar-refractivity contribution >= 4 is 88.5 Å². The Hall–Kier alpha value is -7.76. The SMILES string of the molecule is CC1(C)c2ccccc2B2c3ccccc3Oc3cc(-n4c5ccccc5c5c6c(c7ccccc7n6-c6ccccc6)c6c(c7ccccc7n6-c6ccccc6)c54)cc1c32. The van der Waals surface area contributed by atoms with Gasteiger partial charge in [-0.15, -0.1) is 0 Å². The van der Waals surface area contributed by atoms with Gasteiger partial charge in [-0.1, -0.05) is 153 Å². The fourth-order valence-electron chi connectivity index (χ4n) is 11.6. The van der Waals surface area contributed by atoms with Crippen molar-refractivity contribution < 1.29 is 4.74 Å². The molecule has 2 aliphatic rings. The van der Waals surface area contributed by atoms with Crippen LogP contribution >= 0.6 is 0 Å². The zero-order valence-electron chi connectivity index (χ0n) is 34.3. The van der Waals surface area contributed by atoms with Crippen molar-refractivity contribution in [3.05, 3.63) is 205 Å². The van der Waals surface area contributed by atoms with Gasteiger partial charge in [0.05, 0.1) is 38.8 Å². The molecule has 3 aromatic heterocycles. The molecule has 0 unspecified atom stereocenters. The third kappa shape index (κ3) is 4.27. The Morgan fingerprint density at radius 2 is 0.823 bits per heavy atom. The molecule has 0 amide bonds. The van der Waals surface area contributed by atoms with Crippen LogP contribution in [0.25, 0.3) is 82.5 Å². The number of nitrogens with zero attached hydrogens (tertiary/aromatic N) is 3. The second-order valence-electron chi connectivity index (χ2n) is 17.6. The van der Waals surface area contributed by atoms with Gasteiger partial charge in [0.2, 0.25) is 0 Å². The summed E-state index contributed by atoms with van der Waals surface area (Å²) in [6, 6.07) is 71.3. The highest BCUT2D eigenvalue weighted by molar-refractivity contribution is 6.98. The molecule has 4 nitrogen and oxygen atoms in total. The molecule has 0 aliphatic carbocycles. The quantitative estimate of drug-likeness (QED) is 0.164. The van der Waals surface area contributed by atoms with Crippen LogP contribution in [0.15, 0.2) is 194 Å². The number of fused-ring (bicyclic) bond motifs is 16. The van der Waals surface area contributed by atoms with Gasteiger partial charge in [0.25, 0.3) is 6.71 Å². The molecule has 12 aromatic rings. The highest BCUT2D eigenvalue weighted by atomic mass is 16.5. The third-order valence-corrected chi connectivity index (χ3v) is 14.1. The van der Waals surface area contributed by atoms with Crippen molar-refractivity contribution in [3.63, 3.8) is 0 Å². The maximum Gasteiger partial charge on any atom is 0.251 e. The van der Waals surface area contributed by atoms with Crippen LogP contribution < -0.4 is 21.1 Å². The van der Waals surface area contributed by atoms with Gasteiger partial charge in [-0.2, -0.15) is 0 Å². The van der Waals surface area contributed by atoms with E-state index >= 15 is 0 Å². The fraction of sp³-hybridized carbons (Fsp3) is 0.0526. The van der Waals surface area contributed by atoms with Crippen LogP contribution in [0.2, 0.25) is 0 Å². The predicted octanol–water partition coefficient (Wildman–Crippen LogP) is 12.2. The van der Waals surface area contributed by atoms with Crippen molar-refractivity contribution in [3.8, 4) is 28.6 Å². The molecule has 0 atom stereocenters. The van der Waals surface area contributed by atoms with E-state index in [0.29, 0.717) is 0 Å². The van der Waals surface area contributed by atoms with Gasteiger partial charge in [0.15, 0.2) is 0 Å². The van der Waals surface area contributed by atoms with Crippen LogP contribution in [0.1, 0.15) is 25.0 Å². The summed E-state index contributed by atoms with van der Waals surface area (Å²) in [5, 5.41) is 7.38. The minimum atomic E-state index is -0.284. The first-order valence-electron chi connectivity index (χ1n) is 21.6. The first kappa shape index (κ1) is 34.0. The monoisotopic (exact) mass is 791 g/mol. The number of para-hydroxylation sites is 6. The van der Waals surface area contributed by atoms with E-state index in [9.17, 15) is 0 Å². The van der Waals surface area contributed by atoms with Gasteiger partial charge in [-0.25, -0.2) is 0 Å². The van der Waals surface area contributed by atoms with Crippen molar-refractivity contribution in [2.45, 2.75) is 19.3 Å². The topological polar surface area (TPSA) is 24.0 Å². The molecule has 0 saturated carbocycles. The summed E-state index contributed by atoms with van der Waals surface area (Å²) >= 11 is 0. The number of benzene rings is 9. The van der Waals surface area contributed by atoms with Gasteiger partial charge >= 0.3 is 0 Å².